The molecule has 160 valence electrons. The SMILES string of the molecule is Cc1nnc(CN=C(NCCCN2CCOCC2)NCC(C)c2ccsc2)n1C. The summed E-state index contributed by atoms with van der Waals surface area (Å²) in [5.41, 5.74) is 1.36. The highest BCUT2D eigenvalue weighted by Crippen LogP contribution is 2.17. The van der Waals surface area contributed by atoms with E-state index in [4.69, 9.17) is 9.73 Å². The van der Waals surface area contributed by atoms with Gasteiger partial charge in [-0.2, -0.15) is 11.3 Å². The highest BCUT2D eigenvalue weighted by atomic mass is 32.1. The average molecular weight is 420 g/mol. The molecule has 3 heterocycles. The van der Waals surface area contributed by atoms with Crippen LogP contribution in [0.5, 0.6) is 0 Å². The zero-order valence-corrected chi connectivity index (χ0v) is 18.5. The molecule has 0 aliphatic carbocycles. The Morgan fingerprint density at radius 1 is 1.31 bits per heavy atom. The summed E-state index contributed by atoms with van der Waals surface area (Å²) < 4.78 is 7.40. The van der Waals surface area contributed by atoms with Crippen LogP contribution in [0, 0.1) is 6.92 Å². The molecule has 29 heavy (non-hydrogen) atoms. The number of aryl methyl sites for hydroxylation is 1. The molecule has 0 saturated carbocycles. The minimum absolute atomic E-state index is 0.429. The Morgan fingerprint density at radius 2 is 2.14 bits per heavy atom. The van der Waals surface area contributed by atoms with Crippen molar-refractivity contribution in [2.75, 3.05) is 45.9 Å². The minimum Gasteiger partial charge on any atom is -0.379 e. The van der Waals surface area contributed by atoms with E-state index in [-0.39, 0.29) is 0 Å². The lowest BCUT2D eigenvalue weighted by atomic mass is 10.1. The van der Waals surface area contributed by atoms with Crippen molar-refractivity contribution in [3.63, 3.8) is 0 Å². The van der Waals surface area contributed by atoms with Gasteiger partial charge in [0.25, 0.3) is 0 Å². The zero-order chi connectivity index (χ0) is 20.5. The number of nitrogens with zero attached hydrogens (tertiary/aromatic N) is 5. The first-order valence-electron chi connectivity index (χ1n) is 10.3. The molecule has 2 aromatic heterocycles. The number of guanidine groups is 1. The van der Waals surface area contributed by atoms with Crippen molar-refractivity contribution < 1.29 is 4.74 Å². The molecule has 1 aliphatic heterocycles. The molecule has 1 aliphatic rings. The smallest absolute Gasteiger partial charge is 0.191 e. The molecule has 2 aromatic rings. The van der Waals surface area contributed by atoms with Crippen LogP contribution in [-0.4, -0.2) is 71.6 Å². The largest absolute Gasteiger partial charge is 0.379 e. The molecule has 0 radical (unpaired) electrons. The van der Waals surface area contributed by atoms with E-state index in [1.54, 1.807) is 11.3 Å². The van der Waals surface area contributed by atoms with E-state index < -0.39 is 0 Å². The predicted octanol–water partition coefficient (Wildman–Crippen LogP) is 1.75. The lowest BCUT2D eigenvalue weighted by Crippen LogP contribution is -2.41. The van der Waals surface area contributed by atoms with Crippen molar-refractivity contribution >= 4 is 17.3 Å². The monoisotopic (exact) mass is 419 g/mol. The van der Waals surface area contributed by atoms with Crippen LogP contribution >= 0.6 is 11.3 Å². The molecule has 2 N–H and O–H groups in total. The molecule has 1 fully saturated rings. The van der Waals surface area contributed by atoms with E-state index in [1.807, 2.05) is 18.5 Å². The van der Waals surface area contributed by atoms with Crippen molar-refractivity contribution in [3.8, 4) is 0 Å². The third kappa shape index (κ3) is 6.80. The summed E-state index contributed by atoms with van der Waals surface area (Å²) in [7, 11) is 1.97. The van der Waals surface area contributed by atoms with E-state index in [0.717, 1.165) is 70.0 Å². The fourth-order valence-corrected chi connectivity index (χ4v) is 3.95. The van der Waals surface area contributed by atoms with Gasteiger partial charge in [0.05, 0.1) is 13.2 Å². The molecule has 3 rings (SSSR count). The quantitative estimate of drug-likeness (QED) is 0.366. The van der Waals surface area contributed by atoms with Crippen molar-refractivity contribution in [3.05, 3.63) is 34.0 Å². The standard InChI is InChI=1S/C20H33N7OS/c1-16(18-5-12-29-15-18)13-22-20(23-14-19-25-24-17(2)26(19)3)21-6-4-7-27-8-10-28-11-9-27/h5,12,15-16H,4,6-11,13-14H2,1-3H3,(H2,21,22,23). The number of hydrogen-bond acceptors (Lipinski definition) is 6. The first kappa shape index (κ1) is 21.7. The summed E-state index contributed by atoms with van der Waals surface area (Å²) in [6.07, 6.45) is 1.07. The molecule has 1 unspecified atom stereocenters. The van der Waals surface area contributed by atoms with Gasteiger partial charge < -0.3 is 19.9 Å². The van der Waals surface area contributed by atoms with Gasteiger partial charge in [0, 0.05) is 33.2 Å². The number of thiophene rings is 1. The summed E-state index contributed by atoms with van der Waals surface area (Å²) >= 11 is 1.74. The fourth-order valence-electron chi connectivity index (χ4n) is 3.17. The molecule has 0 amide bonds. The molecule has 0 bridgehead atoms. The second-order valence-electron chi connectivity index (χ2n) is 7.46. The summed E-state index contributed by atoms with van der Waals surface area (Å²) in [5.74, 6) is 3.02. The first-order valence-corrected chi connectivity index (χ1v) is 11.3. The maximum atomic E-state index is 5.42. The van der Waals surface area contributed by atoms with Crippen LogP contribution in [-0.2, 0) is 18.3 Å². The molecule has 1 saturated heterocycles. The van der Waals surface area contributed by atoms with Gasteiger partial charge in [-0.25, -0.2) is 4.99 Å². The van der Waals surface area contributed by atoms with Crippen LogP contribution in [0.1, 0.15) is 36.5 Å². The average Bonchev–Trinajstić information content (AvgIpc) is 3.39. The summed E-state index contributed by atoms with van der Waals surface area (Å²) in [4.78, 5) is 7.20. The number of aromatic nitrogens is 3. The third-order valence-corrected chi connectivity index (χ3v) is 6.00. The Hall–Kier alpha value is -1.97. The molecule has 0 aromatic carbocycles. The Bertz CT molecular complexity index is 753. The number of ether oxygens (including phenoxy) is 1. The Labute approximate surface area is 177 Å². The summed E-state index contributed by atoms with van der Waals surface area (Å²) in [6.45, 7) is 11.2. The second-order valence-corrected chi connectivity index (χ2v) is 8.24. The van der Waals surface area contributed by atoms with Gasteiger partial charge in [-0.1, -0.05) is 6.92 Å². The van der Waals surface area contributed by atoms with E-state index in [2.05, 4.69) is 49.5 Å². The van der Waals surface area contributed by atoms with Crippen LogP contribution in [0.15, 0.2) is 21.8 Å². The Morgan fingerprint density at radius 3 is 2.83 bits per heavy atom. The number of aliphatic imine (C=N–C) groups is 1. The highest BCUT2D eigenvalue weighted by molar-refractivity contribution is 7.07. The summed E-state index contributed by atoms with van der Waals surface area (Å²) in [6, 6.07) is 2.19. The van der Waals surface area contributed by atoms with Gasteiger partial charge >= 0.3 is 0 Å². The van der Waals surface area contributed by atoms with Crippen LogP contribution in [0.3, 0.4) is 0 Å². The molecule has 0 spiro atoms. The number of morpholine rings is 1. The van der Waals surface area contributed by atoms with Gasteiger partial charge in [0.2, 0.25) is 0 Å². The van der Waals surface area contributed by atoms with Gasteiger partial charge in [-0.15, -0.1) is 10.2 Å². The van der Waals surface area contributed by atoms with E-state index in [9.17, 15) is 0 Å². The normalized spacial score (nSPS) is 16.7. The number of nitrogens with one attached hydrogen (secondary N) is 2. The molecular formula is C20H33N7OS. The van der Waals surface area contributed by atoms with Gasteiger partial charge in [0.1, 0.15) is 12.4 Å². The van der Waals surface area contributed by atoms with Crippen molar-refractivity contribution in [2.45, 2.75) is 32.7 Å². The zero-order valence-electron chi connectivity index (χ0n) is 17.7. The number of rotatable bonds is 9. The third-order valence-electron chi connectivity index (χ3n) is 5.30. The van der Waals surface area contributed by atoms with Crippen molar-refractivity contribution in [1.82, 2.24) is 30.3 Å². The van der Waals surface area contributed by atoms with Gasteiger partial charge in [0.15, 0.2) is 11.8 Å². The molecule has 8 nitrogen and oxygen atoms in total. The van der Waals surface area contributed by atoms with Crippen molar-refractivity contribution in [1.29, 1.82) is 0 Å². The predicted molar refractivity (Wildman–Crippen MR) is 117 cm³/mol. The first-order chi connectivity index (χ1) is 14.1. The topological polar surface area (TPSA) is 79.6 Å². The lowest BCUT2D eigenvalue weighted by molar-refractivity contribution is 0.0376. The van der Waals surface area contributed by atoms with Crippen LogP contribution < -0.4 is 10.6 Å². The maximum absolute atomic E-state index is 5.42. The Kier molecular flexibility index (Phi) is 8.45. The second kappa shape index (κ2) is 11.3. The van der Waals surface area contributed by atoms with Crippen LogP contribution in [0.25, 0.3) is 0 Å². The lowest BCUT2D eigenvalue weighted by Gasteiger charge is -2.26. The van der Waals surface area contributed by atoms with E-state index >= 15 is 0 Å². The highest BCUT2D eigenvalue weighted by Gasteiger charge is 2.11. The molecule has 9 heteroatoms. The maximum Gasteiger partial charge on any atom is 0.191 e. The van der Waals surface area contributed by atoms with E-state index in [1.165, 1.54) is 5.56 Å². The van der Waals surface area contributed by atoms with Crippen molar-refractivity contribution in [2.24, 2.45) is 12.0 Å². The Balaban J connectivity index is 1.51. The number of hydrogen-bond donors (Lipinski definition) is 2. The van der Waals surface area contributed by atoms with Crippen LogP contribution in [0.4, 0.5) is 0 Å². The fraction of sp³-hybridized carbons (Fsp3) is 0.650. The minimum atomic E-state index is 0.429. The van der Waals surface area contributed by atoms with Crippen LogP contribution in [0.2, 0.25) is 0 Å². The van der Waals surface area contributed by atoms with Gasteiger partial charge in [-0.05, 0) is 48.2 Å². The van der Waals surface area contributed by atoms with Gasteiger partial charge in [-0.3, -0.25) is 4.90 Å². The molecule has 1 atom stereocenters. The summed E-state index contributed by atoms with van der Waals surface area (Å²) in [5, 5.41) is 19.6. The van der Waals surface area contributed by atoms with E-state index in [0.29, 0.717) is 12.5 Å². The molecular weight excluding hydrogens is 386 g/mol.